The molecule has 3 N–H and O–H groups in total. The predicted octanol–water partition coefficient (Wildman–Crippen LogP) is 0.660. The maximum absolute atomic E-state index is 12.1. The summed E-state index contributed by atoms with van der Waals surface area (Å²) in [6, 6.07) is 4.17. The molecule has 1 saturated heterocycles. The molecule has 0 bridgehead atoms. The lowest BCUT2D eigenvalue weighted by Gasteiger charge is -2.20. The van der Waals surface area contributed by atoms with Crippen LogP contribution in [0.15, 0.2) is 18.2 Å². The Hall–Kier alpha value is -2.19. The van der Waals surface area contributed by atoms with Crippen molar-refractivity contribution in [2.75, 3.05) is 25.6 Å². The van der Waals surface area contributed by atoms with E-state index in [-0.39, 0.29) is 18.0 Å². The van der Waals surface area contributed by atoms with Gasteiger partial charge in [-0.25, -0.2) is 0 Å². The highest BCUT2D eigenvalue weighted by atomic mass is 16.6. The van der Waals surface area contributed by atoms with Crippen LogP contribution in [0.2, 0.25) is 0 Å². The van der Waals surface area contributed by atoms with Crippen molar-refractivity contribution in [3.8, 4) is 5.75 Å². The number of nitrogens with one attached hydrogen (secondary N) is 1. The van der Waals surface area contributed by atoms with Gasteiger partial charge >= 0.3 is 5.69 Å². The van der Waals surface area contributed by atoms with E-state index in [9.17, 15) is 14.9 Å². The molecule has 1 amide bonds. The van der Waals surface area contributed by atoms with Crippen LogP contribution in [0, 0.1) is 10.1 Å². The van der Waals surface area contributed by atoms with E-state index in [0.717, 1.165) is 0 Å². The van der Waals surface area contributed by atoms with Crippen LogP contribution >= 0.6 is 0 Å². The zero-order chi connectivity index (χ0) is 14.8. The first kappa shape index (κ1) is 14.2. The van der Waals surface area contributed by atoms with Gasteiger partial charge < -0.3 is 20.5 Å². The Kier molecular flexibility index (Phi) is 3.86. The fraction of sp³-hybridized carbons (Fsp3) is 0.417. The van der Waals surface area contributed by atoms with Gasteiger partial charge in [-0.3, -0.25) is 14.9 Å². The van der Waals surface area contributed by atoms with Crippen LogP contribution in [0.25, 0.3) is 0 Å². The van der Waals surface area contributed by atoms with Crippen LogP contribution in [0.5, 0.6) is 5.75 Å². The molecule has 1 fully saturated rings. The minimum atomic E-state index is -1.09. The summed E-state index contributed by atoms with van der Waals surface area (Å²) in [5, 5.41) is 13.5. The molecule has 1 heterocycles. The van der Waals surface area contributed by atoms with Gasteiger partial charge in [-0.2, -0.15) is 0 Å². The molecular weight excluding hydrogens is 266 g/mol. The molecule has 0 spiro atoms. The second-order valence-electron chi connectivity index (χ2n) is 4.56. The molecule has 8 heteroatoms. The summed E-state index contributed by atoms with van der Waals surface area (Å²) in [6.45, 7) is 0.559. The molecule has 0 aromatic heterocycles. The maximum atomic E-state index is 12.1. The van der Waals surface area contributed by atoms with Gasteiger partial charge in [0, 0.05) is 18.4 Å². The number of nitrogens with two attached hydrogens (primary N) is 1. The van der Waals surface area contributed by atoms with Crippen molar-refractivity contribution in [2.45, 2.75) is 12.0 Å². The van der Waals surface area contributed by atoms with Crippen molar-refractivity contribution in [3.63, 3.8) is 0 Å². The number of carbonyl (C=O) groups is 1. The largest absolute Gasteiger partial charge is 0.490 e. The maximum Gasteiger partial charge on any atom is 0.312 e. The van der Waals surface area contributed by atoms with E-state index in [1.807, 2.05) is 0 Å². The number of amides is 1. The molecule has 0 saturated carbocycles. The normalized spacial score (nSPS) is 21.5. The van der Waals surface area contributed by atoms with E-state index in [0.29, 0.717) is 18.7 Å². The number of nitro groups is 1. The Balaban J connectivity index is 2.19. The zero-order valence-electron chi connectivity index (χ0n) is 10.9. The first-order valence-corrected chi connectivity index (χ1v) is 5.97. The number of hydrogen-bond acceptors (Lipinski definition) is 6. The number of ether oxygens (including phenoxy) is 2. The Morgan fingerprint density at radius 2 is 2.35 bits per heavy atom. The average Bonchev–Trinajstić information content (AvgIpc) is 2.87. The van der Waals surface area contributed by atoms with Crippen molar-refractivity contribution < 1.29 is 19.2 Å². The Morgan fingerprint density at radius 1 is 1.60 bits per heavy atom. The lowest BCUT2D eigenvalue weighted by Crippen LogP contribution is -2.51. The lowest BCUT2D eigenvalue weighted by atomic mass is 9.99. The molecule has 20 heavy (non-hydrogen) atoms. The quantitative estimate of drug-likeness (QED) is 0.618. The van der Waals surface area contributed by atoms with E-state index >= 15 is 0 Å². The lowest BCUT2D eigenvalue weighted by molar-refractivity contribution is -0.385. The average molecular weight is 281 g/mol. The van der Waals surface area contributed by atoms with Crippen LogP contribution in [-0.4, -0.2) is 36.7 Å². The number of benzene rings is 1. The topological polar surface area (TPSA) is 117 Å². The van der Waals surface area contributed by atoms with E-state index in [2.05, 4.69) is 5.32 Å². The summed E-state index contributed by atoms with van der Waals surface area (Å²) in [4.78, 5) is 22.4. The highest BCUT2D eigenvalue weighted by Crippen LogP contribution is 2.30. The van der Waals surface area contributed by atoms with Gasteiger partial charge in [0.1, 0.15) is 5.54 Å². The first-order valence-electron chi connectivity index (χ1n) is 5.97. The summed E-state index contributed by atoms with van der Waals surface area (Å²) < 4.78 is 9.99. The molecular formula is C12H15N3O5. The first-order chi connectivity index (χ1) is 9.46. The highest BCUT2D eigenvalue weighted by Gasteiger charge is 2.38. The number of anilines is 1. The Bertz CT molecular complexity index is 540. The minimum absolute atomic E-state index is 0.125. The molecule has 1 aliphatic heterocycles. The van der Waals surface area contributed by atoms with Crippen molar-refractivity contribution in [3.05, 3.63) is 28.3 Å². The number of carbonyl (C=O) groups excluding carboxylic acids is 1. The van der Waals surface area contributed by atoms with Gasteiger partial charge in [0.2, 0.25) is 5.91 Å². The molecule has 1 aromatic rings. The molecule has 1 aromatic carbocycles. The monoisotopic (exact) mass is 281 g/mol. The number of hydrogen-bond donors (Lipinski definition) is 2. The van der Waals surface area contributed by atoms with Gasteiger partial charge in [-0.1, -0.05) is 0 Å². The third-order valence-electron chi connectivity index (χ3n) is 3.14. The number of methoxy groups -OCH3 is 1. The van der Waals surface area contributed by atoms with E-state index in [4.69, 9.17) is 15.2 Å². The second-order valence-corrected chi connectivity index (χ2v) is 4.56. The smallest absolute Gasteiger partial charge is 0.312 e. The fourth-order valence-corrected chi connectivity index (χ4v) is 1.93. The van der Waals surface area contributed by atoms with Gasteiger partial charge in [-0.15, -0.1) is 0 Å². The molecule has 2 rings (SSSR count). The van der Waals surface area contributed by atoms with Gasteiger partial charge in [0.25, 0.3) is 0 Å². The van der Waals surface area contributed by atoms with Crippen LogP contribution in [0.1, 0.15) is 6.42 Å². The third-order valence-corrected chi connectivity index (χ3v) is 3.14. The number of nitrogens with zero attached hydrogens (tertiary/aromatic N) is 1. The molecule has 8 nitrogen and oxygen atoms in total. The number of nitro benzene ring substituents is 1. The second kappa shape index (κ2) is 5.43. The van der Waals surface area contributed by atoms with E-state index in [1.165, 1.54) is 25.3 Å². The third kappa shape index (κ3) is 2.70. The Morgan fingerprint density at radius 3 is 2.90 bits per heavy atom. The van der Waals surface area contributed by atoms with Gasteiger partial charge in [0.15, 0.2) is 5.75 Å². The van der Waals surface area contributed by atoms with Gasteiger partial charge in [0.05, 0.1) is 18.6 Å². The van der Waals surface area contributed by atoms with Crippen LogP contribution in [-0.2, 0) is 9.53 Å². The molecule has 108 valence electrons. The summed E-state index contributed by atoms with van der Waals surface area (Å²) in [5.74, 6) is -0.297. The van der Waals surface area contributed by atoms with E-state index in [1.54, 1.807) is 0 Å². The molecule has 1 unspecified atom stereocenters. The Labute approximate surface area is 115 Å². The number of rotatable bonds is 4. The van der Waals surface area contributed by atoms with Crippen molar-refractivity contribution in [1.29, 1.82) is 0 Å². The molecule has 0 radical (unpaired) electrons. The molecule has 1 atom stereocenters. The predicted molar refractivity (Wildman–Crippen MR) is 70.6 cm³/mol. The summed E-state index contributed by atoms with van der Waals surface area (Å²) in [5.41, 5.74) is 4.89. The minimum Gasteiger partial charge on any atom is -0.490 e. The highest BCUT2D eigenvalue weighted by molar-refractivity contribution is 5.98. The summed E-state index contributed by atoms with van der Waals surface area (Å²) >= 11 is 0. The van der Waals surface area contributed by atoms with Crippen LogP contribution in [0.4, 0.5) is 11.4 Å². The van der Waals surface area contributed by atoms with Gasteiger partial charge in [-0.05, 0) is 18.6 Å². The van der Waals surface area contributed by atoms with Crippen LogP contribution < -0.4 is 15.8 Å². The zero-order valence-corrected chi connectivity index (χ0v) is 10.9. The summed E-state index contributed by atoms with van der Waals surface area (Å²) in [7, 11) is 1.34. The van der Waals surface area contributed by atoms with E-state index < -0.39 is 16.4 Å². The molecule has 1 aliphatic rings. The van der Waals surface area contributed by atoms with Crippen molar-refractivity contribution in [1.82, 2.24) is 0 Å². The standard InChI is InChI=1S/C12H15N3O5/c1-19-10-3-2-8(6-9(10)15(17)18)14-11(16)12(13)4-5-20-7-12/h2-3,6H,4-5,7,13H2,1H3,(H,14,16). The van der Waals surface area contributed by atoms with Crippen molar-refractivity contribution >= 4 is 17.3 Å². The van der Waals surface area contributed by atoms with Crippen molar-refractivity contribution in [2.24, 2.45) is 5.73 Å². The fourth-order valence-electron chi connectivity index (χ4n) is 1.93. The SMILES string of the molecule is COc1ccc(NC(=O)C2(N)CCOC2)cc1[N+](=O)[O-]. The molecule has 0 aliphatic carbocycles. The summed E-state index contributed by atoms with van der Waals surface area (Å²) in [6.07, 6.45) is 0.414. The van der Waals surface area contributed by atoms with Crippen LogP contribution in [0.3, 0.4) is 0 Å².